The number of amides is 1. The molecule has 0 saturated heterocycles. The molecule has 3 heterocycles. The van der Waals surface area contributed by atoms with Gasteiger partial charge in [-0.1, -0.05) is 11.6 Å². The molecule has 1 N–H and O–H groups in total. The smallest absolute Gasteiger partial charge is 0.395 e. The normalized spacial score (nSPS) is 14.1. The van der Waals surface area contributed by atoms with E-state index in [0.29, 0.717) is 29.2 Å². The number of aromatic nitrogens is 3. The summed E-state index contributed by atoms with van der Waals surface area (Å²) in [5.74, 6) is -0.0958. The number of pyridine rings is 1. The second kappa shape index (κ2) is 6.75. The zero-order valence-corrected chi connectivity index (χ0v) is 15.2. The molecule has 0 bridgehead atoms. The summed E-state index contributed by atoms with van der Waals surface area (Å²) < 4.78 is 35.3. The molecular formula is C18H13ClF2N4O3. The van der Waals surface area contributed by atoms with Crippen LogP contribution in [0.2, 0.25) is 5.02 Å². The molecule has 1 aliphatic heterocycles. The fourth-order valence-electron chi connectivity index (χ4n) is 2.83. The lowest BCUT2D eigenvalue weighted by atomic mass is 10.1. The first-order chi connectivity index (χ1) is 13.4. The Hall–Kier alpha value is -3.20. The number of rotatable bonds is 4. The van der Waals surface area contributed by atoms with Crippen LogP contribution in [-0.4, -0.2) is 33.9 Å². The minimum atomic E-state index is -3.72. The van der Waals surface area contributed by atoms with Crippen molar-refractivity contribution in [2.45, 2.75) is 13.2 Å². The highest BCUT2D eigenvalue weighted by Gasteiger charge is 2.43. The summed E-state index contributed by atoms with van der Waals surface area (Å²) in [6.45, 7) is 2.21. The Kier molecular flexibility index (Phi) is 4.38. The van der Waals surface area contributed by atoms with Gasteiger partial charge >= 0.3 is 6.29 Å². The number of alkyl halides is 2. The summed E-state index contributed by atoms with van der Waals surface area (Å²) >= 11 is 6.20. The predicted molar refractivity (Wildman–Crippen MR) is 96.8 cm³/mol. The van der Waals surface area contributed by atoms with Gasteiger partial charge in [-0.25, -0.2) is 4.98 Å². The number of carbonyl (C=O) groups excluding carboxylic acids is 1. The molecule has 0 fully saturated rings. The Morgan fingerprint density at radius 3 is 2.61 bits per heavy atom. The first-order valence-corrected chi connectivity index (χ1v) is 8.63. The third-order valence-corrected chi connectivity index (χ3v) is 4.43. The van der Waals surface area contributed by atoms with Crippen molar-refractivity contribution in [3.05, 3.63) is 53.4 Å². The maximum atomic E-state index is 13.2. The van der Waals surface area contributed by atoms with Crippen LogP contribution in [-0.2, 0) is 0 Å². The first-order valence-electron chi connectivity index (χ1n) is 8.25. The van der Waals surface area contributed by atoms with Crippen molar-refractivity contribution in [3.8, 4) is 22.6 Å². The van der Waals surface area contributed by atoms with Crippen LogP contribution in [0.4, 0.5) is 14.6 Å². The number of hydrogen-bond donors (Lipinski definition) is 1. The SMILES string of the molecule is CCN(C(=O)c1ccn[nH]1)c1ccc(-c2cc3c(cc2Cl)OC(F)(F)O3)cn1. The van der Waals surface area contributed by atoms with E-state index in [9.17, 15) is 13.6 Å². The number of anilines is 1. The summed E-state index contributed by atoms with van der Waals surface area (Å²) in [6, 6.07) is 7.53. The number of nitrogens with one attached hydrogen (secondary N) is 1. The number of benzene rings is 1. The lowest BCUT2D eigenvalue weighted by Crippen LogP contribution is -2.31. The number of nitrogens with zero attached hydrogens (tertiary/aromatic N) is 3. The van der Waals surface area contributed by atoms with Crippen LogP contribution >= 0.6 is 11.6 Å². The Bertz CT molecular complexity index is 1030. The van der Waals surface area contributed by atoms with Crippen LogP contribution in [0.15, 0.2) is 42.7 Å². The van der Waals surface area contributed by atoms with Crippen molar-refractivity contribution < 1.29 is 23.0 Å². The fourth-order valence-corrected chi connectivity index (χ4v) is 3.09. The Balaban J connectivity index is 1.63. The van der Waals surface area contributed by atoms with Crippen LogP contribution in [0, 0.1) is 0 Å². The third-order valence-electron chi connectivity index (χ3n) is 4.12. The Labute approximate surface area is 162 Å². The summed E-state index contributed by atoms with van der Waals surface area (Å²) in [5, 5.41) is 6.60. The first kappa shape index (κ1) is 18.2. The maximum absolute atomic E-state index is 13.2. The largest absolute Gasteiger partial charge is 0.586 e. The predicted octanol–water partition coefficient (Wildman–Crippen LogP) is 4.11. The molecule has 0 aliphatic carbocycles. The minimum absolute atomic E-state index is 0.113. The molecule has 10 heteroatoms. The van der Waals surface area contributed by atoms with Crippen molar-refractivity contribution in [2.24, 2.45) is 0 Å². The maximum Gasteiger partial charge on any atom is 0.586 e. The van der Waals surface area contributed by atoms with Crippen LogP contribution in [0.3, 0.4) is 0 Å². The molecule has 2 aromatic heterocycles. The van der Waals surface area contributed by atoms with Gasteiger partial charge in [0.05, 0.1) is 5.02 Å². The minimum Gasteiger partial charge on any atom is -0.395 e. The quantitative estimate of drug-likeness (QED) is 0.705. The molecule has 0 atom stereocenters. The van der Waals surface area contributed by atoms with Gasteiger partial charge in [0.1, 0.15) is 11.5 Å². The van der Waals surface area contributed by atoms with E-state index in [4.69, 9.17) is 11.6 Å². The molecule has 0 radical (unpaired) electrons. The van der Waals surface area contributed by atoms with Crippen molar-refractivity contribution in [1.29, 1.82) is 0 Å². The van der Waals surface area contributed by atoms with Crippen molar-refractivity contribution in [2.75, 3.05) is 11.4 Å². The standard InChI is InChI=1S/C18H13ClF2N4O3/c1-2-25(17(26)13-5-6-23-24-13)16-4-3-10(9-22-16)11-7-14-15(8-12(11)19)28-18(20,21)27-14/h3-9H,2H2,1H3,(H,23,24). The molecule has 7 nitrogen and oxygen atoms in total. The third kappa shape index (κ3) is 3.24. The highest BCUT2D eigenvalue weighted by molar-refractivity contribution is 6.33. The van der Waals surface area contributed by atoms with Gasteiger partial charge in [0, 0.05) is 36.1 Å². The van der Waals surface area contributed by atoms with Crippen molar-refractivity contribution in [1.82, 2.24) is 15.2 Å². The molecular weight excluding hydrogens is 394 g/mol. The van der Waals surface area contributed by atoms with Crippen molar-refractivity contribution >= 4 is 23.3 Å². The van der Waals surface area contributed by atoms with Crippen LogP contribution < -0.4 is 14.4 Å². The number of carbonyl (C=O) groups is 1. The molecule has 0 saturated carbocycles. The van der Waals surface area contributed by atoms with Gasteiger partial charge in [0.15, 0.2) is 11.5 Å². The van der Waals surface area contributed by atoms with Crippen LogP contribution in [0.5, 0.6) is 11.5 Å². The van der Waals surface area contributed by atoms with Gasteiger partial charge < -0.3 is 9.47 Å². The zero-order chi connectivity index (χ0) is 19.9. The molecule has 3 aromatic rings. The molecule has 28 heavy (non-hydrogen) atoms. The van der Waals surface area contributed by atoms with E-state index >= 15 is 0 Å². The van der Waals surface area contributed by atoms with Crippen LogP contribution in [0.1, 0.15) is 17.4 Å². The van der Waals surface area contributed by atoms with E-state index in [1.165, 1.54) is 29.4 Å². The van der Waals surface area contributed by atoms with E-state index in [2.05, 4.69) is 24.7 Å². The lowest BCUT2D eigenvalue weighted by molar-refractivity contribution is -0.286. The van der Waals surface area contributed by atoms with E-state index in [1.54, 1.807) is 18.2 Å². The van der Waals surface area contributed by atoms with Gasteiger partial charge in [-0.15, -0.1) is 8.78 Å². The second-order valence-corrected chi connectivity index (χ2v) is 6.28. The monoisotopic (exact) mass is 406 g/mol. The average molecular weight is 407 g/mol. The topological polar surface area (TPSA) is 80.3 Å². The molecule has 1 amide bonds. The number of H-pyrrole nitrogens is 1. The van der Waals surface area contributed by atoms with Crippen molar-refractivity contribution in [3.63, 3.8) is 0 Å². The van der Waals surface area contributed by atoms with Gasteiger partial charge in [-0.2, -0.15) is 5.10 Å². The molecule has 144 valence electrons. The van der Waals surface area contributed by atoms with Gasteiger partial charge in [0.2, 0.25) is 0 Å². The number of ether oxygens (including phenoxy) is 2. The fraction of sp³-hybridized carbons (Fsp3) is 0.167. The van der Waals surface area contributed by atoms with Gasteiger partial charge in [-0.3, -0.25) is 14.8 Å². The number of hydrogen-bond acceptors (Lipinski definition) is 5. The molecule has 0 unspecified atom stereocenters. The molecule has 0 spiro atoms. The van der Waals surface area contributed by atoms with E-state index < -0.39 is 6.29 Å². The van der Waals surface area contributed by atoms with E-state index in [-0.39, 0.29) is 22.4 Å². The van der Waals surface area contributed by atoms with Gasteiger partial charge in [0.25, 0.3) is 5.91 Å². The highest BCUT2D eigenvalue weighted by Crippen LogP contribution is 2.46. The van der Waals surface area contributed by atoms with Gasteiger partial charge in [-0.05, 0) is 31.2 Å². The number of halogens is 3. The second-order valence-electron chi connectivity index (χ2n) is 5.87. The summed E-state index contributed by atoms with van der Waals surface area (Å²) in [4.78, 5) is 18.3. The highest BCUT2D eigenvalue weighted by atomic mass is 35.5. The molecule has 1 aliphatic rings. The number of fused-ring (bicyclic) bond motifs is 1. The Morgan fingerprint density at radius 1 is 1.25 bits per heavy atom. The summed E-state index contributed by atoms with van der Waals surface area (Å²) in [5.41, 5.74) is 1.36. The summed E-state index contributed by atoms with van der Waals surface area (Å²) in [7, 11) is 0. The lowest BCUT2D eigenvalue weighted by Gasteiger charge is -2.19. The zero-order valence-electron chi connectivity index (χ0n) is 14.4. The number of aromatic amines is 1. The summed E-state index contributed by atoms with van der Waals surface area (Å²) in [6.07, 6.45) is -0.733. The molecule has 4 rings (SSSR count). The van der Waals surface area contributed by atoms with E-state index in [0.717, 1.165) is 0 Å². The van der Waals surface area contributed by atoms with E-state index in [1.807, 2.05) is 6.92 Å². The average Bonchev–Trinajstić information content (AvgIpc) is 3.28. The molecule has 1 aromatic carbocycles. The Morgan fingerprint density at radius 2 is 2.00 bits per heavy atom. The van der Waals surface area contributed by atoms with Crippen LogP contribution in [0.25, 0.3) is 11.1 Å².